The van der Waals surface area contributed by atoms with E-state index >= 15 is 0 Å². The minimum Gasteiger partial charge on any atom is -0.334 e. The molecule has 0 bridgehead atoms. The van der Waals surface area contributed by atoms with Gasteiger partial charge in [0.2, 0.25) is 0 Å². The summed E-state index contributed by atoms with van der Waals surface area (Å²) in [5.74, 6) is -0.0896. The van der Waals surface area contributed by atoms with Crippen molar-refractivity contribution in [3.8, 4) is 0 Å². The van der Waals surface area contributed by atoms with Crippen molar-refractivity contribution >= 4 is 21.8 Å². The van der Waals surface area contributed by atoms with Gasteiger partial charge in [0, 0.05) is 17.9 Å². The maximum Gasteiger partial charge on any atom is 0.276 e. The lowest BCUT2D eigenvalue weighted by Gasteiger charge is -2.24. The van der Waals surface area contributed by atoms with Crippen molar-refractivity contribution in [2.24, 2.45) is 0 Å². The lowest BCUT2D eigenvalue weighted by atomic mass is 10.3. The maximum absolute atomic E-state index is 11.8. The third-order valence-corrected chi connectivity index (χ3v) is 2.20. The van der Waals surface area contributed by atoms with Gasteiger partial charge in [0.05, 0.1) is 6.20 Å². The third-order valence-electron chi connectivity index (χ3n) is 1.84. The van der Waals surface area contributed by atoms with Crippen LogP contribution in [-0.4, -0.2) is 44.1 Å². The first kappa shape index (κ1) is 11.2. The van der Waals surface area contributed by atoms with Gasteiger partial charge in [0.15, 0.2) is 5.69 Å². The van der Waals surface area contributed by atoms with Gasteiger partial charge in [-0.3, -0.25) is 4.79 Å². The van der Waals surface area contributed by atoms with Gasteiger partial charge >= 0.3 is 0 Å². The van der Waals surface area contributed by atoms with Gasteiger partial charge < -0.3 is 4.90 Å². The van der Waals surface area contributed by atoms with E-state index in [1.165, 1.54) is 6.20 Å². The number of carbonyl (C=O) groups excluding carboxylic acids is 1. The molecule has 5 nitrogen and oxygen atoms in total. The van der Waals surface area contributed by atoms with Gasteiger partial charge in [0.1, 0.15) is 0 Å². The highest BCUT2D eigenvalue weighted by molar-refractivity contribution is 9.09. The molecule has 0 aliphatic heterocycles. The summed E-state index contributed by atoms with van der Waals surface area (Å²) in [5, 5.41) is 10.6. The highest BCUT2D eigenvalue weighted by atomic mass is 79.9. The number of nitrogens with zero attached hydrogens (tertiary/aromatic N) is 3. The van der Waals surface area contributed by atoms with Crippen molar-refractivity contribution in [2.45, 2.75) is 19.9 Å². The first-order chi connectivity index (χ1) is 6.66. The van der Waals surface area contributed by atoms with Crippen molar-refractivity contribution in [3.63, 3.8) is 0 Å². The monoisotopic (exact) mass is 260 g/mol. The minimum atomic E-state index is -0.0896. The Bertz CT molecular complexity index is 286. The third kappa shape index (κ3) is 2.54. The predicted molar refractivity (Wildman–Crippen MR) is 56.3 cm³/mol. The summed E-state index contributed by atoms with van der Waals surface area (Å²) in [4.78, 5) is 13.6. The lowest BCUT2D eigenvalue weighted by Crippen LogP contribution is -2.38. The van der Waals surface area contributed by atoms with Crippen LogP contribution < -0.4 is 0 Å². The molecule has 1 heterocycles. The van der Waals surface area contributed by atoms with Crippen molar-refractivity contribution in [1.29, 1.82) is 0 Å². The Kier molecular flexibility index (Phi) is 4.06. The number of amides is 1. The Morgan fingerprint density at radius 2 is 2.43 bits per heavy atom. The molecule has 0 fully saturated rings. The van der Waals surface area contributed by atoms with Gasteiger partial charge in [-0.2, -0.15) is 15.4 Å². The zero-order chi connectivity index (χ0) is 10.6. The Morgan fingerprint density at radius 1 is 1.71 bits per heavy atom. The number of nitrogens with one attached hydrogen (secondary N) is 1. The van der Waals surface area contributed by atoms with Crippen molar-refractivity contribution in [1.82, 2.24) is 20.3 Å². The Hall–Kier alpha value is -0.910. The molecule has 1 aromatic rings. The highest BCUT2D eigenvalue weighted by Crippen LogP contribution is 2.05. The van der Waals surface area contributed by atoms with E-state index in [0.29, 0.717) is 12.2 Å². The molecule has 0 aliphatic carbocycles. The summed E-state index contributed by atoms with van der Waals surface area (Å²) in [7, 11) is 0. The van der Waals surface area contributed by atoms with Gasteiger partial charge in [0.25, 0.3) is 5.91 Å². The van der Waals surface area contributed by atoms with Gasteiger partial charge in [-0.05, 0) is 13.8 Å². The van der Waals surface area contributed by atoms with Crippen molar-refractivity contribution in [3.05, 3.63) is 11.9 Å². The summed E-state index contributed by atoms with van der Waals surface area (Å²) in [5.41, 5.74) is 0.361. The molecule has 1 amide bonds. The quantitative estimate of drug-likeness (QED) is 0.824. The highest BCUT2D eigenvalue weighted by Gasteiger charge is 2.19. The summed E-state index contributed by atoms with van der Waals surface area (Å²) < 4.78 is 0. The van der Waals surface area contributed by atoms with E-state index in [4.69, 9.17) is 0 Å². The van der Waals surface area contributed by atoms with Crippen LogP contribution in [0, 0.1) is 0 Å². The van der Waals surface area contributed by atoms with Crippen LogP contribution in [0.4, 0.5) is 0 Å². The lowest BCUT2D eigenvalue weighted by molar-refractivity contribution is 0.0713. The fourth-order valence-electron chi connectivity index (χ4n) is 1.14. The number of aromatic amines is 1. The van der Waals surface area contributed by atoms with Crippen LogP contribution in [0.3, 0.4) is 0 Å². The standard InChI is InChI=1S/C8H13BrN4O/c1-6(2)13(4-3-9)8(14)7-5-10-12-11-7/h5-6H,3-4H2,1-2H3,(H,10,11,12). The van der Waals surface area contributed by atoms with E-state index in [9.17, 15) is 4.79 Å². The van der Waals surface area contributed by atoms with E-state index < -0.39 is 0 Å². The molecule has 0 aromatic carbocycles. The average molecular weight is 261 g/mol. The number of H-pyrrole nitrogens is 1. The van der Waals surface area contributed by atoms with Gasteiger partial charge in [-0.1, -0.05) is 15.9 Å². The Balaban J connectivity index is 2.74. The molecule has 0 spiro atoms. The first-order valence-corrected chi connectivity index (χ1v) is 5.51. The number of halogens is 1. The summed E-state index contributed by atoms with van der Waals surface area (Å²) in [6.07, 6.45) is 1.44. The number of aromatic nitrogens is 3. The topological polar surface area (TPSA) is 61.9 Å². The number of hydrogen-bond donors (Lipinski definition) is 1. The minimum absolute atomic E-state index is 0.0896. The van der Waals surface area contributed by atoms with Crippen LogP contribution in [0.25, 0.3) is 0 Å². The van der Waals surface area contributed by atoms with E-state index in [2.05, 4.69) is 31.3 Å². The normalized spacial score (nSPS) is 10.6. The second-order valence-corrected chi connectivity index (χ2v) is 3.93. The molecular formula is C8H13BrN4O. The molecule has 0 radical (unpaired) electrons. The van der Waals surface area contributed by atoms with E-state index in [-0.39, 0.29) is 11.9 Å². The number of alkyl halides is 1. The van der Waals surface area contributed by atoms with Crippen LogP contribution in [0.1, 0.15) is 24.3 Å². The Morgan fingerprint density at radius 3 is 2.86 bits per heavy atom. The summed E-state index contributed by atoms with van der Waals surface area (Å²) >= 11 is 3.31. The van der Waals surface area contributed by atoms with Crippen LogP contribution in [0.5, 0.6) is 0 Å². The number of rotatable bonds is 4. The average Bonchev–Trinajstić information content (AvgIpc) is 2.65. The zero-order valence-corrected chi connectivity index (χ0v) is 9.78. The molecule has 14 heavy (non-hydrogen) atoms. The molecule has 1 aromatic heterocycles. The molecule has 6 heteroatoms. The van der Waals surface area contributed by atoms with Crippen molar-refractivity contribution in [2.75, 3.05) is 11.9 Å². The molecule has 78 valence electrons. The molecular weight excluding hydrogens is 248 g/mol. The van der Waals surface area contributed by atoms with Gasteiger partial charge in [-0.15, -0.1) is 0 Å². The molecule has 1 N–H and O–H groups in total. The first-order valence-electron chi connectivity index (χ1n) is 4.39. The fraction of sp³-hybridized carbons (Fsp3) is 0.625. The smallest absolute Gasteiger partial charge is 0.276 e. The van der Waals surface area contributed by atoms with Crippen LogP contribution in [0.15, 0.2) is 6.20 Å². The second-order valence-electron chi connectivity index (χ2n) is 3.14. The molecule has 0 saturated heterocycles. The predicted octanol–water partition coefficient (Wildman–Crippen LogP) is 1.05. The fourth-order valence-corrected chi connectivity index (χ4v) is 1.52. The molecule has 0 atom stereocenters. The largest absolute Gasteiger partial charge is 0.334 e. The van der Waals surface area contributed by atoms with E-state index in [1.807, 2.05) is 13.8 Å². The summed E-state index contributed by atoms with van der Waals surface area (Å²) in [6, 6.07) is 0.164. The van der Waals surface area contributed by atoms with Gasteiger partial charge in [-0.25, -0.2) is 0 Å². The molecule has 0 aliphatic rings. The van der Waals surface area contributed by atoms with Crippen LogP contribution >= 0.6 is 15.9 Å². The second kappa shape index (κ2) is 5.09. The van der Waals surface area contributed by atoms with Crippen LogP contribution in [0.2, 0.25) is 0 Å². The maximum atomic E-state index is 11.8. The number of carbonyl (C=O) groups is 1. The molecule has 0 unspecified atom stereocenters. The van der Waals surface area contributed by atoms with Crippen LogP contribution in [-0.2, 0) is 0 Å². The Labute approximate surface area is 91.0 Å². The SMILES string of the molecule is CC(C)N(CCBr)C(=O)c1cn[nH]n1. The van der Waals surface area contributed by atoms with Crippen molar-refractivity contribution < 1.29 is 4.79 Å². The molecule has 1 rings (SSSR count). The molecule has 0 saturated carbocycles. The summed E-state index contributed by atoms with van der Waals surface area (Å²) in [6.45, 7) is 4.62. The zero-order valence-electron chi connectivity index (χ0n) is 8.20. The van der Waals surface area contributed by atoms with E-state index in [1.54, 1.807) is 4.90 Å². The van der Waals surface area contributed by atoms with E-state index in [0.717, 1.165) is 5.33 Å². The number of hydrogen-bond acceptors (Lipinski definition) is 3.